The summed E-state index contributed by atoms with van der Waals surface area (Å²) < 4.78 is 45.2. The number of aryl methyl sites for hydroxylation is 1. The maximum absolute atomic E-state index is 12.0. The van der Waals surface area contributed by atoms with Crippen molar-refractivity contribution in [2.75, 3.05) is 5.43 Å². The van der Waals surface area contributed by atoms with E-state index in [2.05, 4.69) is 20.1 Å². The summed E-state index contributed by atoms with van der Waals surface area (Å²) in [6.07, 6.45) is -4.73. The Labute approximate surface area is 117 Å². The number of nitrogens with one attached hydrogen (secondary N) is 1. The fourth-order valence-corrected chi connectivity index (χ4v) is 1.50. The third-order valence-corrected chi connectivity index (χ3v) is 2.24. The van der Waals surface area contributed by atoms with Gasteiger partial charge in [0.25, 0.3) is 0 Å². The van der Waals surface area contributed by atoms with Crippen molar-refractivity contribution in [3.8, 4) is 17.4 Å². The van der Waals surface area contributed by atoms with E-state index in [0.717, 1.165) is 12.1 Å². The van der Waals surface area contributed by atoms with Crippen LogP contribution in [0, 0.1) is 6.92 Å². The van der Waals surface area contributed by atoms with Crippen LogP contribution in [-0.4, -0.2) is 16.3 Å². The lowest BCUT2D eigenvalue weighted by atomic mass is 10.3. The quantitative estimate of drug-likeness (QED) is 0.667. The number of nitrogen functional groups attached to an aromatic ring is 1. The smallest absolute Gasteiger partial charge is 0.439 e. The minimum Gasteiger partial charge on any atom is -0.439 e. The highest BCUT2D eigenvalue weighted by Crippen LogP contribution is 2.27. The number of halogens is 3. The number of alkyl halides is 3. The summed E-state index contributed by atoms with van der Waals surface area (Å²) in [6, 6.07) is 6.38. The highest BCUT2D eigenvalue weighted by molar-refractivity contribution is 5.39. The van der Waals surface area contributed by atoms with Gasteiger partial charge in [0.15, 0.2) is 0 Å². The molecule has 0 radical (unpaired) electrons. The van der Waals surface area contributed by atoms with Crippen LogP contribution in [0.2, 0.25) is 0 Å². The molecule has 0 saturated heterocycles. The molecule has 2 rings (SSSR count). The van der Waals surface area contributed by atoms with Gasteiger partial charge in [0, 0.05) is 6.07 Å². The molecule has 0 aliphatic rings. The minimum atomic E-state index is -4.73. The van der Waals surface area contributed by atoms with E-state index in [9.17, 15) is 13.2 Å². The lowest BCUT2D eigenvalue weighted by Crippen LogP contribution is -2.16. The first kappa shape index (κ1) is 14.9. The number of rotatable bonds is 4. The van der Waals surface area contributed by atoms with Crippen LogP contribution >= 0.6 is 0 Å². The van der Waals surface area contributed by atoms with Crippen molar-refractivity contribution >= 4 is 5.82 Å². The van der Waals surface area contributed by atoms with E-state index in [4.69, 9.17) is 10.6 Å². The van der Waals surface area contributed by atoms with Gasteiger partial charge >= 0.3 is 6.36 Å². The number of ether oxygens (including phenoxy) is 2. The summed E-state index contributed by atoms with van der Waals surface area (Å²) in [5.41, 5.74) is 2.35. The Hall–Kier alpha value is -2.55. The summed E-state index contributed by atoms with van der Waals surface area (Å²) in [6.45, 7) is 1.65. The van der Waals surface area contributed by atoms with Gasteiger partial charge in [-0.2, -0.15) is 4.98 Å². The molecule has 0 fully saturated rings. The summed E-state index contributed by atoms with van der Waals surface area (Å²) in [4.78, 5) is 7.99. The standard InChI is InChI=1S/C12H11F3N4O2/c1-7-17-10(19-16)6-11(18-7)20-8-2-4-9(5-3-8)21-12(13,14)15/h2-6H,16H2,1H3,(H,17,18,19). The van der Waals surface area contributed by atoms with Crippen molar-refractivity contribution in [2.45, 2.75) is 13.3 Å². The third-order valence-electron chi connectivity index (χ3n) is 2.24. The number of anilines is 1. The first-order chi connectivity index (χ1) is 9.85. The number of nitrogens with zero attached hydrogens (tertiary/aromatic N) is 2. The normalized spacial score (nSPS) is 11.1. The molecule has 1 aromatic heterocycles. The van der Waals surface area contributed by atoms with E-state index in [-0.39, 0.29) is 11.6 Å². The van der Waals surface area contributed by atoms with Crippen LogP contribution in [0.3, 0.4) is 0 Å². The molecule has 0 saturated carbocycles. The van der Waals surface area contributed by atoms with Gasteiger partial charge in [0.05, 0.1) is 0 Å². The summed E-state index contributed by atoms with van der Waals surface area (Å²) in [7, 11) is 0. The van der Waals surface area contributed by atoms with Gasteiger partial charge in [-0.05, 0) is 31.2 Å². The van der Waals surface area contributed by atoms with Gasteiger partial charge in [-0.1, -0.05) is 0 Å². The van der Waals surface area contributed by atoms with E-state index in [0.29, 0.717) is 17.4 Å². The molecule has 3 N–H and O–H groups in total. The van der Waals surface area contributed by atoms with Gasteiger partial charge in [-0.3, -0.25) is 0 Å². The zero-order valence-electron chi connectivity index (χ0n) is 10.8. The van der Waals surface area contributed by atoms with Crippen molar-refractivity contribution in [3.63, 3.8) is 0 Å². The molecule has 0 spiro atoms. The van der Waals surface area contributed by atoms with Crippen molar-refractivity contribution in [2.24, 2.45) is 5.84 Å². The zero-order valence-corrected chi connectivity index (χ0v) is 10.8. The van der Waals surface area contributed by atoms with Crippen LogP contribution in [0.5, 0.6) is 17.4 Å². The summed E-state index contributed by atoms with van der Waals surface area (Å²) in [5.74, 6) is 6.19. The molecule has 1 heterocycles. The average molecular weight is 300 g/mol. The maximum atomic E-state index is 12.0. The highest BCUT2D eigenvalue weighted by atomic mass is 19.4. The molecular formula is C12H11F3N4O2. The largest absolute Gasteiger partial charge is 0.573 e. The second-order valence-electron chi connectivity index (χ2n) is 3.90. The molecule has 1 aromatic carbocycles. The minimum absolute atomic E-state index is 0.208. The van der Waals surface area contributed by atoms with Gasteiger partial charge in [-0.25, -0.2) is 10.8 Å². The fourth-order valence-electron chi connectivity index (χ4n) is 1.50. The first-order valence-corrected chi connectivity index (χ1v) is 5.72. The highest BCUT2D eigenvalue weighted by Gasteiger charge is 2.30. The monoisotopic (exact) mass is 300 g/mol. The summed E-state index contributed by atoms with van der Waals surface area (Å²) in [5, 5.41) is 0. The molecule has 0 unspecified atom stereocenters. The molecule has 0 atom stereocenters. The van der Waals surface area contributed by atoms with Crippen LogP contribution in [0.1, 0.15) is 5.82 Å². The lowest BCUT2D eigenvalue weighted by molar-refractivity contribution is -0.274. The zero-order chi connectivity index (χ0) is 15.5. The molecule has 0 bridgehead atoms. The number of hydrogen-bond donors (Lipinski definition) is 2. The van der Waals surface area contributed by atoms with Gasteiger partial charge in [-0.15, -0.1) is 13.2 Å². The Morgan fingerprint density at radius 1 is 1.10 bits per heavy atom. The Kier molecular flexibility index (Phi) is 4.13. The second kappa shape index (κ2) is 5.83. The molecule has 0 aliphatic carbocycles. The number of benzene rings is 1. The number of hydrogen-bond acceptors (Lipinski definition) is 6. The van der Waals surface area contributed by atoms with Crippen molar-refractivity contribution in [3.05, 3.63) is 36.2 Å². The molecule has 21 heavy (non-hydrogen) atoms. The topological polar surface area (TPSA) is 82.3 Å². The van der Waals surface area contributed by atoms with Crippen LogP contribution in [0.25, 0.3) is 0 Å². The number of aromatic nitrogens is 2. The van der Waals surface area contributed by atoms with Crippen molar-refractivity contribution in [1.29, 1.82) is 0 Å². The molecule has 112 valence electrons. The van der Waals surface area contributed by atoms with Crippen LogP contribution < -0.4 is 20.7 Å². The number of hydrazine groups is 1. The molecule has 9 heteroatoms. The van der Waals surface area contributed by atoms with Crippen LogP contribution in [0.4, 0.5) is 19.0 Å². The predicted octanol–water partition coefficient (Wildman–Crippen LogP) is 2.76. The molecular weight excluding hydrogens is 289 g/mol. The van der Waals surface area contributed by atoms with E-state index >= 15 is 0 Å². The third kappa shape index (κ3) is 4.49. The van der Waals surface area contributed by atoms with E-state index < -0.39 is 6.36 Å². The van der Waals surface area contributed by atoms with Crippen molar-refractivity contribution in [1.82, 2.24) is 9.97 Å². The molecule has 0 aliphatic heterocycles. The van der Waals surface area contributed by atoms with Gasteiger partial charge < -0.3 is 14.9 Å². The Morgan fingerprint density at radius 3 is 2.29 bits per heavy atom. The Morgan fingerprint density at radius 2 is 1.71 bits per heavy atom. The summed E-state index contributed by atoms with van der Waals surface area (Å²) >= 11 is 0. The molecule has 2 aromatic rings. The van der Waals surface area contributed by atoms with E-state index in [1.807, 2.05) is 0 Å². The SMILES string of the molecule is Cc1nc(NN)cc(Oc2ccc(OC(F)(F)F)cc2)n1. The average Bonchev–Trinajstić information content (AvgIpc) is 2.38. The van der Waals surface area contributed by atoms with Crippen molar-refractivity contribution < 1.29 is 22.6 Å². The van der Waals surface area contributed by atoms with Crippen LogP contribution in [-0.2, 0) is 0 Å². The lowest BCUT2D eigenvalue weighted by Gasteiger charge is -2.10. The first-order valence-electron chi connectivity index (χ1n) is 5.72. The maximum Gasteiger partial charge on any atom is 0.573 e. The molecule has 6 nitrogen and oxygen atoms in total. The van der Waals surface area contributed by atoms with Gasteiger partial charge in [0.2, 0.25) is 5.88 Å². The van der Waals surface area contributed by atoms with E-state index in [1.165, 1.54) is 18.2 Å². The Bertz CT molecular complexity index is 617. The number of nitrogens with two attached hydrogens (primary N) is 1. The van der Waals surface area contributed by atoms with Gasteiger partial charge in [0.1, 0.15) is 23.1 Å². The Balaban J connectivity index is 2.11. The second-order valence-corrected chi connectivity index (χ2v) is 3.90. The fraction of sp³-hybridized carbons (Fsp3) is 0.167. The predicted molar refractivity (Wildman–Crippen MR) is 67.8 cm³/mol. The van der Waals surface area contributed by atoms with E-state index in [1.54, 1.807) is 6.92 Å². The van der Waals surface area contributed by atoms with Crippen LogP contribution in [0.15, 0.2) is 30.3 Å². The molecule has 0 amide bonds.